The lowest BCUT2D eigenvalue weighted by atomic mass is 9.99. The number of hydrogen-bond acceptors (Lipinski definition) is 6. The molecule has 1 aromatic carbocycles. The Morgan fingerprint density at radius 3 is 2.28 bits per heavy atom. The van der Waals surface area contributed by atoms with E-state index in [-0.39, 0.29) is 12.3 Å². The summed E-state index contributed by atoms with van der Waals surface area (Å²) in [4.78, 5) is 64.1. The minimum atomic E-state index is -1.37. The SMILES string of the molecule is CCC(C)C(NC(=O)C(C)NC(=O)C(CC(N)=O)NC(=O)C(N)Cc1c[nH]c2ccccc12)C(=O)O. The second-order valence-corrected chi connectivity index (χ2v) is 8.84. The number of H-pyrrole nitrogens is 1. The lowest BCUT2D eigenvalue weighted by Crippen LogP contribution is -2.57. The summed E-state index contributed by atoms with van der Waals surface area (Å²) in [6.07, 6.45) is 1.92. The lowest BCUT2D eigenvalue weighted by Gasteiger charge is -2.24. The van der Waals surface area contributed by atoms with Gasteiger partial charge in [0, 0.05) is 17.1 Å². The van der Waals surface area contributed by atoms with E-state index in [2.05, 4.69) is 20.9 Å². The number of fused-ring (bicyclic) bond motifs is 1. The first-order valence-electron chi connectivity index (χ1n) is 11.7. The molecular weight excluding hydrogens is 468 g/mol. The summed E-state index contributed by atoms with van der Waals surface area (Å²) in [7, 11) is 0. The number of hydrogen-bond donors (Lipinski definition) is 7. The Balaban J connectivity index is 2.03. The molecule has 36 heavy (non-hydrogen) atoms. The molecule has 5 unspecified atom stereocenters. The first kappa shape index (κ1) is 28.3. The molecule has 0 bridgehead atoms. The Morgan fingerprint density at radius 2 is 1.67 bits per heavy atom. The van der Waals surface area contributed by atoms with Crippen LogP contribution in [-0.4, -0.2) is 63.9 Å². The van der Waals surface area contributed by atoms with Gasteiger partial charge in [-0.2, -0.15) is 0 Å². The number of carboxylic acids is 1. The Hall–Kier alpha value is -3.93. The predicted molar refractivity (Wildman–Crippen MR) is 132 cm³/mol. The van der Waals surface area contributed by atoms with Gasteiger partial charge in [-0.1, -0.05) is 38.5 Å². The molecule has 0 radical (unpaired) electrons. The second kappa shape index (κ2) is 12.7. The lowest BCUT2D eigenvalue weighted by molar-refractivity contribution is -0.143. The largest absolute Gasteiger partial charge is 0.480 e. The number of aromatic amines is 1. The van der Waals surface area contributed by atoms with Crippen LogP contribution in [0.4, 0.5) is 0 Å². The summed E-state index contributed by atoms with van der Waals surface area (Å²) >= 11 is 0. The summed E-state index contributed by atoms with van der Waals surface area (Å²) in [5.41, 5.74) is 13.0. The zero-order valence-electron chi connectivity index (χ0n) is 20.5. The molecule has 0 aliphatic rings. The third kappa shape index (κ3) is 7.54. The average Bonchev–Trinajstić information content (AvgIpc) is 3.23. The molecule has 0 aliphatic carbocycles. The summed E-state index contributed by atoms with van der Waals surface area (Å²) in [5, 5.41) is 17.5. The highest BCUT2D eigenvalue weighted by molar-refractivity contribution is 5.96. The van der Waals surface area contributed by atoms with E-state index in [1.54, 1.807) is 20.0 Å². The fraction of sp³-hybridized carbons (Fsp3) is 0.458. The van der Waals surface area contributed by atoms with Crippen molar-refractivity contribution in [3.8, 4) is 0 Å². The predicted octanol–water partition coefficient (Wildman–Crippen LogP) is -0.482. The van der Waals surface area contributed by atoms with Crippen LogP contribution in [0.3, 0.4) is 0 Å². The number of carbonyl (C=O) groups excluding carboxylic acids is 4. The van der Waals surface area contributed by atoms with Crippen LogP contribution in [0.1, 0.15) is 39.2 Å². The number of amides is 4. The number of aliphatic carboxylic acids is 1. The van der Waals surface area contributed by atoms with Crippen molar-refractivity contribution in [2.45, 2.75) is 64.2 Å². The van der Waals surface area contributed by atoms with Gasteiger partial charge in [0.05, 0.1) is 12.5 Å². The van der Waals surface area contributed by atoms with Gasteiger partial charge in [0.25, 0.3) is 0 Å². The van der Waals surface area contributed by atoms with Gasteiger partial charge < -0.3 is 37.5 Å². The van der Waals surface area contributed by atoms with Crippen LogP contribution in [-0.2, 0) is 30.4 Å². The van der Waals surface area contributed by atoms with Gasteiger partial charge in [-0.3, -0.25) is 19.2 Å². The Morgan fingerprint density at radius 1 is 1.00 bits per heavy atom. The number of carbonyl (C=O) groups is 5. The van der Waals surface area contributed by atoms with Gasteiger partial charge in [0.1, 0.15) is 18.1 Å². The Labute approximate surface area is 208 Å². The van der Waals surface area contributed by atoms with Crippen molar-refractivity contribution in [1.29, 1.82) is 0 Å². The maximum absolute atomic E-state index is 12.8. The van der Waals surface area contributed by atoms with E-state index in [0.29, 0.717) is 6.42 Å². The minimum absolute atomic E-state index is 0.172. The van der Waals surface area contributed by atoms with Gasteiger partial charge in [0.15, 0.2) is 0 Å². The normalized spacial score (nSPS) is 15.2. The number of aromatic nitrogens is 1. The average molecular weight is 503 g/mol. The van der Waals surface area contributed by atoms with Crippen LogP contribution >= 0.6 is 0 Å². The Kier molecular flexibility index (Phi) is 9.97. The highest BCUT2D eigenvalue weighted by Gasteiger charge is 2.31. The molecule has 12 nitrogen and oxygen atoms in total. The molecule has 5 atom stereocenters. The maximum Gasteiger partial charge on any atom is 0.326 e. The van der Waals surface area contributed by atoms with Gasteiger partial charge in [-0.05, 0) is 30.9 Å². The molecule has 0 saturated heterocycles. The molecule has 0 fully saturated rings. The molecule has 1 heterocycles. The first-order chi connectivity index (χ1) is 16.9. The zero-order valence-corrected chi connectivity index (χ0v) is 20.5. The van der Waals surface area contributed by atoms with Crippen LogP contribution in [0.2, 0.25) is 0 Å². The van der Waals surface area contributed by atoms with Crippen molar-refractivity contribution >= 4 is 40.5 Å². The third-order valence-electron chi connectivity index (χ3n) is 6.02. The molecule has 9 N–H and O–H groups in total. The minimum Gasteiger partial charge on any atom is -0.480 e. The van der Waals surface area contributed by atoms with Crippen LogP contribution in [0.25, 0.3) is 10.9 Å². The van der Waals surface area contributed by atoms with Crippen LogP contribution in [0, 0.1) is 5.92 Å². The monoisotopic (exact) mass is 502 g/mol. The van der Waals surface area contributed by atoms with E-state index in [9.17, 15) is 29.1 Å². The maximum atomic E-state index is 12.8. The number of carboxylic acid groups (broad SMARTS) is 1. The number of nitrogens with one attached hydrogen (secondary N) is 4. The fourth-order valence-electron chi connectivity index (χ4n) is 3.66. The molecule has 0 aliphatic heterocycles. The molecule has 196 valence electrons. The van der Waals surface area contributed by atoms with Crippen molar-refractivity contribution in [1.82, 2.24) is 20.9 Å². The topological polar surface area (TPSA) is 209 Å². The molecule has 12 heteroatoms. The van der Waals surface area contributed by atoms with E-state index in [1.165, 1.54) is 6.92 Å². The van der Waals surface area contributed by atoms with E-state index in [4.69, 9.17) is 11.5 Å². The van der Waals surface area contributed by atoms with E-state index in [0.717, 1.165) is 16.5 Å². The quantitative estimate of drug-likeness (QED) is 0.191. The molecular formula is C24H34N6O6. The number of para-hydroxylation sites is 1. The number of primary amides is 1. The number of benzene rings is 1. The van der Waals surface area contributed by atoms with E-state index in [1.807, 2.05) is 24.3 Å². The summed E-state index contributed by atoms with van der Waals surface area (Å²) in [6.45, 7) is 4.83. The van der Waals surface area contributed by atoms with Gasteiger partial charge in [-0.15, -0.1) is 0 Å². The molecule has 2 rings (SSSR count). The van der Waals surface area contributed by atoms with Crippen LogP contribution in [0.15, 0.2) is 30.5 Å². The highest BCUT2D eigenvalue weighted by Crippen LogP contribution is 2.18. The van der Waals surface area contributed by atoms with Crippen molar-refractivity contribution < 1.29 is 29.1 Å². The van der Waals surface area contributed by atoms with Gasteiger partial charge in [-0.25, -0.2) is 4.79 Å². The summed E-state index contributed by atoms with van der Waals surface area (Å²) in [6, 6.07) is 2.83. The molecule has 2 aromatic rings. The zero-order chi connectivity index (χ0) is 27.0. The van der Waals surface area contributed by atoms with E-state index >= 15 is 0 Å². The molecule has 0 spiro atoms. The third-order valence-corrected chi connectivity index (χ3v) is 6.02. The molecule has 1 aromatic heterocycles. The molecule has 0 saturated carbocycles. The highest BCUT2D eigenvalue weighted by atomic mass is 16.4. The number of nitrogens with two attached hydrogens (primary N) is 2. The van der Waals surface area contributed by atoms with Crippen molar-refractivity contribution in [3.05, 3.63) is 36.0 Å². The van der Waals surface area contributed by atoms with Gasteiger partial charge >= 0.3 is 5.97 Å². The van der Waals surface area contributed by atoms with Crippen molar-refractivity contribution in [2.24, 2.45) is 17.4 Å². The first-order valence-corrected chi connectivity index (χ1v) is 11.7. The summed E-state index contributed by atoms with van der Waals surface area (Å²) in [5.74, 6) is -4.62. The molecule has 4 amide bonds. The standard InChI is InChI=1S/C24H34N6O6/c1-4-12(2)20(24(35)36)30-21(32)13(3)28-23(34)18(10-19(26)31)29-22(33)16(25)9-14-11-27-17-8-6-5-7-15(14)17/h5-8,11-13,16,18,20,27H,4,9-10,25H2,1-3H3,(H2,26,31)(H,28,34)(H,29,33)(H,30,32)(H,35,36). The van der Waals surface area contributed by atoms with Crippen LogP contribution < -0.4 is 27.4 Å². The second-order valence-electron chi connectivity index (χ2n) is 8.84. The van der Waals surface area contributed by atoms with Crippen molar-refractivity contribution in [2.75, 3.05) is 0 Å². The Bertz CT molecular complexity index is 1120. The van der Waals surface area contributed by atoms with E-state index < -0.39 is 60.2 Å². The van der Waals surface area contributed by atoms with Gasteiger partial charge in [0.2, 0.25) is 23.6 Å². The van der Waals surface area contributed by atoms with Crippen molar-refractivity contribution in [3.63, 3.8) is 0 Å². The summed E-state index contributed by atoms with van der Waals surface area (Å²) < 4.78 is 0. The van der Waals surface area contributed by atoms with Crippen LogP contribution in [0.5, 0.6) is 0 Å². The smallest absolute Gasteiger partial charge is 0.326 e. The number of rotatable bonds is 13. The fourth-order valence-corrected chi connectivity index (χ4v) is 3.66.